The van der Waals surface area contributed by atoms with Gasteiger partial charge in [-0.15, -0.1) is 0 Å². The largest absolute Gasteiger partial charge is 0.493 e. The van der Waals surface area contributed by atoms with E-state index >= 15 is 0 Å². The van der Waals surface area contributed by atoms with Crippen molar-refractivity contribution in [3.05, 3.63) is 41.1 Å². The first-order chi connectivity index (χ1) is 12.2. The van der Waals surface area contributed by atoms with Crippen molar-refractivity contribution in [1.82, 2.24) is 15.1 Å². The average Bonchev–Trinajstić information content (AvgIpc) is 2.90. The molecule has 0 spiro atoms. The molecule has 0 radical (unpaired) electrons. The van der Waals surface area contributed by atoms with Gasteiger partial charge in [-0.1, -0.05) is 26.0 Å². The standard InChI is InChI=1S/C19H25N3O4/c1-11(2)7-14(9-18(24)25)20-19(26)15-10-17(23)22(21-15)16-8-12(3)5-6-13(16)4/h5-6,8,10-11,14,23H,7,9H2,1-4H3,(H,20,26)(H,24,25). The molecule has 3 N–H and O–H groups in total. The summed E-state index contributed by atoms with van der Waals surface area (Å²) in [6, 6.07) is 6.53. The Morgan fingerprint density at radius 1 is 1.23 bits per heavy atom. The number of aromatic nitrogens is 2. The number of nitrogens with one attached hydrogen (secondary N) is 1. The van der Waals surface area contributed by atoms with Crippen LogP contribution in [0.15, 0.2) is 24.3 Å². The van der Waals surface area contributed by atoms with Crippen molar-refractivity contribution in [3.63, 3.8) is 0 Å². The van der Waals surface area contributed by atoms with Crippen molar-refractivity contribution in [2.24, 2.45) is 5.92 Å². The molecule has 0 aliphatic rings. The molecule has 7 heteroatoms. The molecule has 1 amide bonds. The Bertz CT molecular complexity index is 811. The van der Waals surface area contributed by atoms with Crippen LogP contribution < -0.4 is 5.32 Å². The van der Waals surface area contributed by atoms with Gasteiger partial charge in [0.1, 0.15) is 0 Å². The highest BCUT2D eigenvalue weighted by Gasteiger charge is 2.21. The highest BCUT2D eigenvalue weighted by atomic mass is 16.4. The number of hydrogen-bond donors (Lipinski definition) is 3. The molecular formula is C19H25N3O4. The Balaban J connectivity index is 2.25. The van der Waals surface area contributed by atoms with Crippen LogP contribution in [-0.2, 0) is 4.79 Å². The van der Waals surface area contributed by atoms with E-state index < -0.39 is 17.9 Å². The summed E-state index contributed by atoms with van der Waals surface area (Å²) in [5.74, 6) is -1.39. The number of carbonyl (C=O) groups is 2. The van der Waals surface area contributed by atoms with E-state index in [0.717, 1.165) is 11.1 Å². The molecule has 1 heterocycles. The van der Waals surface area contributed by atoms with Crippen LogP contribution in [0.3, 0.4) is 0 Å². The number of amides is 1. The Kier molecular flexibility index (Phi) is 6.02. The highest BCUT2D eigenvalue weighted by Crippen LogP contribution is 2.22. The van der Waals surface area contributed by atoms with Crippen LogP contribution in [0.2, 0.25) is 0 Å². The van der Waals surface area contributed by atoms with Crippen LogP contribution in [0.4, 0.5) is 0 Å². The summed E-state index contributed by atoms with van der Waals surface area (Å²) in [6.07, 6.45) is 0.384. The number of aliphatic carboxylic acids is 1. The summed E-state index contributed by atoms with van der Waals surface area (Å²) >= 11 is 0. The second kappa shape index (κ2) is 8.03. The van der Waals surface area contributed by atoms with E-state index in [-0.39, 0.29) is 23.9 Å². The molecule has 0 bridgehead atoms. The van der Waals surface area contributed by atoms with Crippen molar-refractivity contribution in [2.75, 3.05) is 0 Å². The van der Waals surface area contributed by atoms with E-state index in [9.17, 15) is 14.7 Å². The summed E-state index contributed by atoms with van der Waals surface area (Å²) in [7, 11) is 0. The molecule has 0 fully saturated rings. The molecule has 1 aromatic heterocycles. The number of hydrogen-bond acceptors (Lipinski definition) is 4. The Morgan fingerprint density at radius 3 is 2.54 bits per heavy atom. The summed E-state index contributed by atoms with van der Waals surface area (Å²) in [5, 5.41) is 26.1. The maximum Gasteiger partial charge on any atom is 0.305 e. The second-order valence-electron chi connectivity index (χ2n) is 6.99. The molecule has 140 valence electrons. The van der Waals surface area contributed by atoms with Gasteiger partial charge in [-0.25, -0.2) is 4.68 Å². The number of carboxylic acid groups (broad SMARTS) is 1. The Morgan fingerprint density at radius 2 is 1.92 bits per heavy atom. The van der Waals surface area contributed by atoms with E-state index in [1.165, 1.54) is 10.7 Å². The van der Waals surface area contributed by atoms with Crippen molar-refractivity contribution in [3.8, 4) is 11.6 Å². The monoisotopic (exact) mass is 359 g/mol. The van der Waals surface area contributed by atoms with Crippen molar-refractivity contribution in [1.29, 1.82) is 0 Å². The summed E-state index contributed by atoms with van der Waals surface area (Å²) in [6.45, 7) is 7.74. The normalized spacial score (nSPS) is 12.2. The van der Waals surface area contributed by atoms with Crippen LogP contribution in [0, 0.1) is 19.8 Å². The van der Waals surface area contributed by atoms with E-state index in [1.54, 1.807) is 0 Å². The Labute approximate surface area is 152 Å². The SMILES string of the molecule is Cc1ccc(C)c(-n2nc(C(=O)NC(CC(=O)O)CC(C)C)cc2O)c1. The zero-order valence-corrected chi connectivity index (χ0v) is 15.5. The molecule has 0 aliphatic carbocycles. The maximum atomic E-state index is 12.5. The van der Waals surface area contributed by atoms with Crippen molar-refractivity contribution in [2.45, 2.75) is 46.6 Å². The first-order valence-corrected chi connectivity index (χ1v) is 8.56. The molecule has 26 heavy (non-hydrogen) atoms. The van der Waals surface area contributed by atoms with E-state index in [4.69, 9.17) is 5.11 Å². The smallest absolute Gasteiger partial charge is 0.305 e. The lowest BCUT2D eigenvalue weighted by Crippen LogP contribution is -2.37. The molecule has 1 aromatic carbocycles. The fourth-order valence-electron chi connectivity index (χ4n) is 2.84. The number of benzene rings is 1. The lowest BCUT2D eigenvalue weighted by Gasteiger charge is -2.18. The number of aryl methyl sites for hydroxylation is 2. The zero-order chi connectivity index (χ0) is 19.4. The van der Waals surface area contributed by atoms with E-state index in [1.807, 2.05) is 45.9 Å². The van der Waals surface area contributed by atoms with Gasteiger partial charge in [0.15, 0.2) is 5.69 Å². The fraction of sp³-hybridized carbons (Fsp3) is 0.421. The van der Waals surface area contributed by atoms with Crippen LogP contribution >= 0.6 is 0 Å². The number of aromatic hydroxyl groups is 1. The predicted molar refractivity (Wildman–Crippen MR) is 97.7 cm³/mol. The summed E-state index contributed by atoms with van der Waals surface area (Å²) in [4.78, 5) is 23.5. The molecule has 0 aliphatic heterocycles. The van der Waals surface area contributed by atoms with Crippen molar-refractivity contribution < 1.29 is 19.8 Å². The molecule has 2 aromatic rings. The Hall–Kier alpha value is -2.83. The molecule has 7 nitrogen and oxygen atoms in total. The van der Waals surface area contributed by atoms with Gasteiger partial charge < -0.3 is 15.5 Å². The van der Waals surface area contributed by atoms with Gasteiger partial charge in [-0.05, 0) is 43.4 Å². The third kappa shape index (κ3) is 4.84. The van der Waals surface area contributed by atoms with Gasteiger partial charge in [0.25, 0.3) is 5.91 Å². The summed E-state index contributed by atoms with van der Waals surface area (Å²) < 4.78 is 1.31. The predicted octanol–water partition coefficient (Wildman–Crippen LogP) is 2.81. The average molecular weight is 359 g/mol. The fourth-order valence-corrected chi connectivity index (χ4v) is 2.84. The third-order valence-corrected chi connectivity index (χ3v) is 4.03. The summed E-state index contributed by atoms with van der Waals surface area (Å²) in [5.41, 5.74) is 2.64. The van der Waals surface area contributed by atoms with Crippen LogP contribution in [-0.4, -0.2) is 37.9 Å². The van der Waals surface area contributed by atoms with Gasteiger partial charge in [-0.2, -0.15) is 5.10 Å². The lowest BCUT2D eigenvalue weighted by atomic mass is 10.0. The molecule has 1 unspecified atom stereocenters. The van der Waals surface area contributed by atoms with Crippen LogP contribution in [0.5, 0.6) is 5.88 Å². The first-order valence-electron chi connectivity index (χ1n) is 8.56. The second-order valence-corrected chi connectivity index (χ2v) is 6.99. The lowest BCUT2D eigenvalue weighted by molar-refractivity contribution is -0.137. The topological polar surface area (TPSA) is 104 Å². The maximum absolute atomic E-state index is 12.5. The molecule has 0 saturated heterocycles. The molecule has 0 saturated carbocycles. The first kappa shape index (κ1) is 19.5. The van der Waals surface area contributed by atoms with Gasteiger partial charge >= 0.3 is 5.97 Å². The number of rotatable bonds is 7. The van der Waals surface area contributed by atoms with Gasteiger partial charge in [-0.3, -0.25) is 9.59 Å². The van der Waals surface area contributed by atoms with Gasteiger partial charge in [0.2, 0.25) is 5.88 Å². The number of carbonyl (C=O) groups excluding carboxylic acids is 1. The minimum atomic E-state index is -0.972. The van der Waals surface area contributed by atoms with E-state index in [2.05, 4.69) is 10.4 Å². The van der Waals surface area contributed by atoms with E-state index in [0.29, 0.717) is 12.1 Å². The van der Waals surface area contributed by atoms with Crippen molar-refractivity contribution >= 4 is 11.9 Å². The molecular weight excluding hydrogens is 334 g/mol. The van der Waals surface area contributed by atoms with Crippen LogP contribution in [0.1, 0.15) is 48.3 Å². The quantitative estimate of drug-likeness (QED) is 0.705. The highest BCUT2D eigenvalue weighted by molar-refractivity contribution is 5.93. The van der Waals surface area contributed by atoms with Gasteiger partial charge in [0, 0.05) is 12.1 Å². The molecule has 1 atom stereocenters. The number of carboxylic acids is 1. The molecule has 2 rings (SSSR count). The van der Waals surface area contributed by atoms with Crippen LogP contribution in [0.25, 0.3) is 5.69 Å². The minimum Gasteiger partial charge on any atom is -0.493 e. The van der Waals surface area contributed by atoms with Gasteiger partial charge in [0.05, 0.1) is 12.1 Å². The zero-order valence-electron chi connectivity index (χ0n) is 15.5. The number of nitrogens with zero attached hydrogens (tertiary/aromatic N) is 2. The third-order valence-electron chi connectivity index (χ3n) is 4.03. The minimum absolute atomic E-state index is 0.0440.